The number of ether oxygens (including phenoxy) is 1. The van der Waals surface area contributed by atoms with Crippen LogP contribution in [0.1, 0.15) is 18.4 Å². The lowest BCUT2D eigenvalue weighted by molar-refractivity contribution is -0.126. The zero-order valence-corrected chi connectivity index (χ0v) is 13.7. The zero-order valence-electron chi connectivity index (χ0n) is 12.9. The van der Waals surface area contributed by atoms with Crippen LogP contribution in [-0.2, 0) is 21.4 Å². The molecule has 0 atom stereocenters. The highest BCUT2D eigenvalue weighted by molar-refractivity contribution is 7.88. The largest absolute Gasteiger partial charge is 0.497 e. The molecule has 0 saturated carbocycles. The molecule has 22 heavy (non-hydrogen) atoms. The van der Waals surface area contributed by atoms with Crippen LogP contribution >= 0.6 is 0 Å². The smallest absolute Gasteiger partial charge is 0.223 e. The molecule has 1 aliphatic heterocycles. The number of rotatable bonds is 5. The fourth-order valence-electron chi connectivity index (χ4n) is 2.57. The van der Waals surface area contributed by atoms with E-state index in [1.807, 2.05) is 24.3 Å². The first-order valence-corrected chi connectivity index (χ1v) is 9.11. The van der Waals surface area contributed by atoms with Crippen molar-refractivity contribution in [1.82, 2.24) is 9.62 Å². The van der Waals surface area contributed by atoms with E-state index in [9.17, 15) is 13.2 Å². The van der Waals surface area contributed by atoms with Crippen LogP contribution in [0.4, 0.5) is 0 Å². The van der Waals surface area contributed by atoms with Crippen LogP contribution < -0.4 is 10.1 Å². The molecule has 1 aromatic carbocycles. The summed E-state index contributed by atoms with van der Waals surface area (Å²) in [5, 5.41) is 2.91. The minimum atomic E-state index is -3.15. The molecule has 0 aliphatic carbocycles. The number of hydrogen-bond donors (Lipinski definition) is 1. The van der Waals surface area contributed by atoms with Gasteiger partial charge in [0.15, 0.2) is 0 Å². The van der Waals surface area contributed by atoms with Crippen molar-refractivity contribution in [3.8, 4) is 5.75 Å². The minimum absolute atomic E-state index is 0.0176. The summed E-state index contributed by atoms with van der Waals surface area (Å²) in [6, 6.07) is 7.54. The van der Waals surface area contributed by atoms with Gasteiger partial charge in [-0.15, -0.1) is 0 Å². The molecule has 1 heterocycles. The Kier molecular flexibility index (Phi) is 5.42. The molecule has 0 radical (unpaired) electrons. The maximum Gasteiger partial charge on any atom is 0.223 e. The van der Waals surface area contributed by atoms with Crippen molar-refractivity contribution < 1.29 is 17.9 Å². The number of nitrogens with one attached hydrogen (secondary N) is 1. The Balaban J connectivity index is 1.83. The third kappa shape index (κ3) is 4.45. The van der Waals surface area contributed by atoms with Gasteiger partial charge < -0.3 is 10.1 Å². The summed E-state index contributed by atoms with van der Waals surface area (Å²) < 4.78 is 29.5. The molecule has 7 heteroatoms. The number of nitrogens with zero attached hydrogens (tertiary/aromatic N) is 1. The van der Waals surface area contributed by atoms with E-state index in [0.29, 0.717) is 32.5 Å². The maximum atomic E-state index is 12.2. The summed E-state index contributed by atoms with van der Waals surface area (Å²) in [5.74, 6) is 0.618. The molecule has 0 spiro atoms. The average Bonchev–Trinajstić information content (AvgIpc) is 2.52. The number of sulfonamides is 1. The molecule has 1 aliphatic rings. The van der Waals surface area contributed by atoms with Gasteiger partial charge in [0, 0.05) is 25.6 Å². The summed E-state index contributed by atoms with van der Waals surface area (Å²) in [6.45, 7) is 1.27. The van der Waals surface area contributed by atoms with Crippen molar-refractivity contribution in [1.29, 1.82) is 0 Å². The zero-order chi connectivity index (χ0) is 16.2. The van der Waals surface area contributed by atoms with E-state index in [1.165, 1.54) is 10.6 Å². The van der Waals surface area contributed by atoms with Crippen LogP contribution in [0.5, 0.6) is 5.75 Å². The number of amides is 1. The fraction of sp³-hybridized carbons (Fsp3) is 0.533. The van der Waals surface area contributed by atoms with Gasteiger partial charge in [0.05, 0.1) is 13.4 Å². The molecule has 6 nitrogen and oxygen atoms in total. The van der Waals surface area contributed by atoms with Crippen molar-refractivity contribution >= 4 is 15.9 Å². The van der Waals surface area contributed by atoms with E-state index in [0.717, 1.165) is 11.3 Å². The predicted octanol–water partition coefficient (Wildman–Crippen LogP) is 0.983. The van der Waals surface area contributed by atoms with Crippen molar-refractivity contribution in [2.75, 3.05) is 26.5 Å². The molecule has 1 aromatic rings. The lowest BCUT2D eigenvalue weighted by atomic mass is 9.97. The Morgan fingerprint density at radius 2 is 2.05 bits per heavy atom. The molecule has 0 aromatic heterocycles. The number of hydrogen-bond acceptors (Lipinski definition) is 4. The Morgan fingerprint density at radius 1 is 1.36 bits per heavy atom. The minimum Gasteiger partial charge on any atom is -0.497 e. The molecule has 122 valence electrons. The number of piperidine rings is 1. The molecule has 0 bridgehead atoms. The Bertz CT molecular complexity index is 622. The summed E-state index contributed by atoms with van der Waals surface area (Å²) in [7, 11) is -1.55. The van der Waals surface area contributed by atoms with E-state index in [1.54, 1.807) is 7.11 Å². The maximum absolute atomic E-state index is 12.2. The van der Waals surface area contributed by atoms with Gasteiger partial charge in [0.1, 0.15) is 5.75 Å². The molecular weight excluding hydrogens is 304 g/mol. The summed E-state index contributed by atoms with van der Waals surface area (Å²) >= 11 is 0. The summed E-state index contributed by atoms with van der Waals surface area (Å²) in [4.78, 5) is 12.2. The first-order valence-electron chi connectivity index (χ1n) is 7.26. The quantitative estimate of drug-likeness (QED) is 0.875. The van der Waals surface area contributed by atoms with Crippen LogP contribution in [0, 0.1) is 5.92 Å². The Morgan fingerprint density at radius 3 is 2.64 bits per heavy atom. The van der Waals surface area contributed by atoms with Crippen LogP contribution in [0.3, 0.4) is 0 Å². The second kappa shape index (κ2) is 7.11. The van der Waals surface area contributed by atoms with Gasteiger partial charge in [-0.25, -0.2) is 12.7 Å². The highest BCUT2D eigenvalue weighted by atomic mass is 32.2. The first kappa shape index (κ1) is 16.8. The van der Waals surface area contributed by atoms with E-state index in [2.05, 4.69) is 5.32 Å². The van der Waals surface area contributed by atoms with Gasteiger partial charge in [0.25, 0.3) is 0 Å². The molecule has 1 saturated heterocycles. The number of carbonyl (C=O) groups is 1. The summed E-state index contributed by atoms with van der Waals surface area (Å²) in [5.41, 5.74) is 0.973. The monoisotopic (exact) mass is 326 g/mol. The van der Waals surface area contributed by atoms with Crippen molar-refractivity contribution in [2.45, 2.75) is 19.4 Å². The van der Waals surface area contributed by atoms with Gasteiger partial charge in [-0.3, -0.25) is 4.79 Å². The SMILES string of the molecule is COc1cccc(CNC(=O)C2CCN(S(C)(=O)=O)CC2)c1. The average molecular weight is 326 g/mol. The van der Waals surface area contributed by atoms with Crippen LogP contribution in [-0.4, -0.2) is 45.1 Å². The first-order chi connectivity index (χ1) is 10.4. The molecule has 2 rings (SSSR count). The van der Waals surface area contributed by atoms with Crippen molar-refractivity contribution in [3.63, 3.8) is 0 Å². The number of carbonyl (C=O) groups excluding carboxylic acids is 1. The van der Waals surface area contributed by atoms with E-state index in [4.69, 9.17) is 4.74 Å². The third-order valence-electron chi connectivity index (χ3n) is 3.89. The van der Waals surface area contributed by atoms with Gasteiger partial charge in [0.2, 0.25) is 15.9 Å². The van der Waals surface area contributed by atoms with Gasteiger partial charge in [-0.2, -0.15) is 0 Å². The number of methoxy groups -OCH3 is 1. The van der Waals surface area contributed by atoms with Crippen molar-refractivity contribution in [2.24, 2.45) is 5.92 Å². The standard InChI is InChI=1S/C15H22N2O4S/c1-21-14-5-3-4-12(10-14)11-16-15(18)13-6-8-17(9-7-13)22(2,19)20/h3-5,10,13H,6-9,11H2,1-2H3,(H,16,18). The third-order valence-corrected chi connectivity index (χ3v) is 5.20. The van der Waals surface area contributed by atoms with E-state index >= 15 is 0 Å². The Hall–Kier alpha value is -1.60. The second-order valence-electron chi connectivity index (χ2n) is 5.51. The molecule has 1 amide bonds. The highest BCUT2D eigenvalue weighted by Crippen LogP contribution is 2.19. The number of benzene rings is 1. The molecule has 1 N–H and O–H groups in total. The fourth-order valence-corrected chi connectivity index (χ4v) is 3.44. The van der Waals surface area contributed by atoms with E-state index in [-0.39, 0.29) is 11.8 Å². The lowest BCUT2D eigenvalue weighted by Gasteiger charge is -2.29. The van der Waals surface area contributed by atoms with Gasteiger partial charge >= 0.3 is 0 Å². The van der Waals surface area contributed by atoms with E-state index < -0.39 is 10.0 Å². The highest BCUT2D eigenvalue weighted by Gasteiger charge is 2.28. The van der Waals surface area contributed by atoms with Crippen LogP contribution in [0.2, 0.25) is 0 Å². The normalized spacial score (nSPS) is 17.2. The van der Waals surface area contributed by atoms with Gasteiger partial charge in [-0.05, 0) is 30.5 Å². The Labute approximate surface area is 131 Å². The van der Waals surface area contributed by atoms with Crippen LogP contribution in [0.15, 0.2) is 24.3 Å². The lowest BCUT2D eigenvalue weighted by Crippen LogP contribution is -2.42. The topological polar surface area (TPSA) is 75.7 Å². The molecule has 0 unspecified atom stereocenters. The second-order valence-corrected chi connectivity index (χ2v) is 7.49. The predicted molar refractivity (Wildman–Crippen MR) is 84.0 cm³/mol. The van der Waals surface area contributed by atoms with Crippen LogP contribution in [0.25, 0.3) is 0 Å². The van der Waals surface area contributed by atoms with Crippen molar-refractivity contribution in [3.05, 3.63) is 29.8 Å². The molecular formula is C15H22N2O4S. The van der Waals surface area contributed by atoms with Gasteiger partial charge in [-0.1, -0.05) is 12.1 Å². The molecule has 1 fully saturated rings. The summed E-state index contributed by atoms with van der Waals surface area (Å²) in [6.07, 6.45) is 2.34.